The van der Waals surface area contributed by atoms with Crippen LogP contribution in [0.15, 0.2) is 12.1 Å². The molecule has 0 unspecified atom stereocenters. The number of nitrogens with two attached hydrogens (primary N) is 1. The number of amides is 1. The van der Waals surface area contributed by atoms with Gasteiger partial charge in [-0.25, -0.2) is 0 Å². The SMILES string of the molecule is C[C@H](N)C(=O)N1CCN(Cc2ccc(Cl)s2)CC1. The Morgan fingerprint density at radius 3 is 2.61 bits per heavy atom. The van der Waals surface area contributed by atoms with Crippen LogP contribution in [0, 0.1) is 0 Å². The zero-order valence-corrected chi connectivity index (χ0v) is 12.0. The Morgan fingerprint density at radius 2 is 2.11 bits per heavy atom. The molecule has 2 N–H and O–H groups in total. The van der Waals surface area contributed by atoms with Gasteiger partial charge in [0.15, 0.2) is 0 Å². The number of rotatable bonds is 3. The molecule has 0 bridgehead atoms. The lowest BCUT2D eigenvalue weighted by Crippen LogP contribution is -2.52. The molecule has 0 spiro atoms. The fourth-order valence-corrected chi connectivity index (χ4v) is 3.20. The highest BCUT2D eigenvalue weighted by Gasteiger charge is 2.23. The summed E-state index contributed by atoms with van der Waals surface area (Å²) in [5, 5.41) is 0. The summed E-state index contributed by atoms with van der Waals surface area (Å²) in [6.07, 6.45) is 0. The maximum atomic E-state index is 11.7. The van der Waals surface area contributed by atoms with Crippen molar-refractivity contribution in [2.75, 3.05) is 26.2 Å². The molecule has 0 aliphatic carbocycles. The fourth-order valence-electron chi connectivity index (χ4n) is 2.07. The van der Waals surface area contributed by atoms with E-state index in [0.29, 0.717) is 0 Å². The largest absolute Gasteiger partial charge is 0.339 e. The normalized spacial score (nSPS) is 18.9. The Bertz CT molecular complexity index is 413. The Kier molecular flexibility index (Phi) is 4.61. The topological polar surface area (TPSA) is 49.6 Å². The predicted molar refractivity (Wildman–Crippen MR) is 74.8 cm³/mol. The van der Waals surface area contributed by atoms with Gasteiger partial charge in [0.25, 0.3) is 0 Å². The summed E-state index contributed by atoms with van der Waals surface area (Å²) in [5.74, 6) is 0.0498. The molecule has 1 aromatic heterocycles. The first-order valence-corrected chi connectivity index (χ1v) is 7.26. The predicted octanol–water partition coefficient (Wildman–Crippen LogP) is 1.39. The number of halogens is 1. The van der Waals surface area contributed by atoms with E-state index in [-0.39, 0.29) is 5.91 Å². The number of hydrogen-bond donors (Lipinski definition) is 1. The zero-order chi connectivity index (χ0) is 13.1. The monoisotopic (exact) mass is 287 g/mol. The van der Waals surface area contributed by atoms with Gasteiger partial charge in [-0.3, -0.25) is 9.69 Å². The van der Waals surface area contributed by atoms with Gasteiger partial charge in [0.05, 0.1) is 10.4 Å². The molecule has 1 saturated heterocycles. The van der Waals surface area contributed by atoms with Crippen LogP contribution in [0.3, 0.4) is 0 Å². The number of nitrogens with zero attached hydrogens (tertiary/aromatic N) is 2. The zero-order valence-electron chi connectivity index (χ0n) is 10.4. The van der Waals surface area contributed by atoms with Crippen LogP contribution < -0.4 is 5.73 Å². The van der Waals surface area contributed by atoms with Crippen LogP contribution in [0.4, 0.5) is 0 Å². The van der Waals surface area contributed by atoms with E-state index in [2.05, 4.69) is 11.0 Å². The van der Waals surface area contributed by atoms with E-state index >= 15 is 0 Å². The maximum Gasteiger partial charge on any atom is 0.239 e. The van der Waals surface area contributed by atoms with Gasteiger partial charge in [0.1, 0.15) is 0 Å². The van der Waals surface area contributed by atoms with Crippen molar-refractivity contribution in [3.63, 3.8) is 0 Å². The van der Waals surface area contributed by atoms with Gasteiger partial charge in [0.2, 0.25) is 5.91 Å². The van der Waals surface area contributed by atoms with Crippen LogP contribution in [-0.4, -0.2) is 47.9 Å². The van der Waals surface area contributed by atoms with Gasteiger partial charge >= 0.3 is 0 Å². The quantitative estimate of drug-likeness (QED) is 0.914. The summed E-state index contributed by atoms with van der Waals surface area (Å²) in [6, 6.07) is 3.59. The third kappa shape index (κ3) is 3.45. The van der Waals surface area contributed by atoms with Crippen molar-refractivity contribution >= 4 is 28.8 Å². The molecule has 0 saturated carbocycles. The van der Waals surface area contributed by atoms with Crippen molar-refractivity contribution < 1.29 is 4.79 Å². The standard InChI is InChI=1S/C12H18ClN3OS/c1-9(14)12(17)16-6-4-15(5-7-16)8-10-2-3-11(13)18-10/h2-3,9H,4-8,14H2,1H3/t9-/m0/s1. The molecule has 18 heavy (non-hydrogen) atoms. The second kappa shape index (κ2) is 6.02. The number of carbonyl (C=O) groups excluding carboxylic acids is 1. The molecule has 1 aliphatic heterocycles. The van der Waals surface area contributed by atoms with Crippen molar-refractivity contribution in [3.8, 4) is 0 Å². The minimum absolute atomic E-state index is 0.0498. The number of piperazine rings is 1. The van der Waals surface area contributed by atoms with Gasteiger partial charge in [-0.05, 0) is 19.1 Å². The molecule has 4 nitrogen and oxygen atoms in total. The number of thiophene rings is 1. The molecule has 1 atom stereocenters. The molecule has 0 radical (unpaired) electrons. The van der Waals surface area contributed by atoms with E-state index in [1.807, 2.05) is 11.0 Å². The highest BCUT2D eigenvalue weighted by molar-refractivity contribution is 7.16. The molecule has 0 aromatic carbocycles. The third-order valence-corrected chi connectivity index (χ3v) is 4.30. The Balaban J connectivity index is 1.82. The van der Waals surface area contributed by atoms with Crippen molar-refractivity contribution in [1.29, 1.82) is 0 Å². The van der Waals surface area contributed by atoms with Crippen LogP contribution >= 0.6 is 22.9 Å². The smallest absolute Gasteiger partial charge is 0.239 e. The first-order chi connectivity index (χ1) is 8.56. The minimum atomic E-state index is -0.396. The van der Waals surface area contributed by atoms with E-state index < -0.39 is 6.04 Å². The van der Waals surface area contributed by atoms with Crippen molar-refractivity contribution in [1.82, 2.24) is 9.80 Å². The Hall–Kier alpha value is -0.620. The lowest BCUT2D eigenvalue weighted by molar-refractivity contribution is -0.134. The van der Waals surface area contributed by atoms with E-state index in [1.165, 1.54) is 4.88 Å². The summed E-state index contributed by atoms with van der Waals surface area (Å²) in [7, 11) is 0. The molecular weight excluding hydrogens is 270 g/mol. The Labute approximate surface area is 116 Å². The average Bonchev–Trinajstić information content (AvgIpc) is 2.75. The lowest BCUT2D eigenvalue weighted by atomic mass is 10.2. The van der Waals surface area contributed by atoms with Crippen LogP contribution in [0.1, 0.15) is 11.8 Å². The summed E-state index contributed by atoms with van der Waals surface area (Å²) >= 11 is 7.53. The van der Waals surface area contributed by atoms with Gasteiger partial charge < -0.3 is 10.6 Å². The van der Waals surface area contributed by atoms with E-state index in [9.17, 15) is 4.79 Å². The molecule has 1 aromatic rings. The molecule has 1 aliphatic rings. The number of hydrogen-bond acceptors (Lipinski definition) is 4. The average molecular weight is 288 g/mol. The molecular formula is C12H18ClN3OS. The van der Waals surface area contributed by atoms with E-state index in [1.54, 1.807) is 18.3 Å². The first-order valence-electron chi connectivity index (χ1n) is 6.07. The van der Waals surface area contributed by atoms with Gasteiger partial charge in [-0.1, -0.05) is 11.6 Å². The van der Waals surface area contributed by atoms with E-state index in [4.69, 9.17) is 17.3 Å². The van der Waals surface area contributed by atoms with Crippen molar-refractivity contribution in [2.24, 2.45) is 5.73 Å². The van der Waals surface area contributed by atoms with Crippen LogP contribution in [0.5, 0.6) is 0 Å². The summed E-state index contributed by atoms with van der Waals surface area (Å²) in [6.45, 7) is 5.97. The molecule has 6 heteroatoms. The van der Waals surface area contributed by atoms with Crippen LogP contribution in [0.25, 0.3) is 0 Å². The number of carbonyl (C=O) groups is 1. The van der Waals surface area contributed by atoms with Crippen LogP contribution in [-0.2, 0) is 11.3 Å². The molecule has 2 rings (SSSR count). The van der Waals surface area contributed by atoms with Gasteiger partial charge in [-0.2, -0.15) is 0 Å². The second-order valence-corrected chi connectivity index (χ2v) is 6.40. The molecule has 2 heterocycles. The first kappa shape index (κ1) is 13.8. The lowest BCUT2D eigenvalue weighted by Gasteiger charge is -2.35. The fraction of sp³-hybridized carbons (Fsp3) is 0.583. The molecule has 100 valence electrons. The maximum absolute atomic E-state index is 11.7. The summed E-state index contributed by atoms with van der Waals surface area (Å²) in [5.41, 5.74) is 5.61. The second-order valence-electron chi connectivity index (χ2n) is 4.60. The summed E-state index contributed by atoms with van der Waals surface area (Å²) in [4.78, 5) is 17.2. The highest BCUT2D eigenvalue weighted by Crippen LogP contribution is 2.23. The minimum Gasteiger partial charge on any atom is -0.339 e. The van der Waals surface area contributed by atoms with Crippen molar-refractivity contribution in [3.05, 3.63) is 21.3 Å². The van der Waals surface area contributed by atoms with Gasteiger partial charge in [0, 0.05) is 37.6 Å². The Morgan fingerprint density at radius 1 is 1.44 bits per heavy atom. The highest BCUT2D eigenvalue weighted by atomic mass is 35.5. The van der Waals surface area contributed by atoms with Gasteiger partial charge in [-0.15, -0.1) is 11.3 Å². The third-order valence-electron chi connectivity index (χ3n) is 3.08. The molecule has 1 fully saturated rings. The van der Waals surface area contributed by atoms with E-state index in [0.717, 1.165) is 37.1 Å². The summed E-state index contributed by atoms with van der Waals surface area (Å²) < 4.78 is 0.829. The van der Waals surface area contributed by atoms with Crippen molar-refractivity contribution in [2.45, 2.75) is 19.5 Å². The molecule has 1 amide bonds. The van der Waals surface area contributed by atoms with Crippen LogP contribution in [0.2, 0.25) is 4.34 Å².